The Labute approximate surface area is 125 Å². The van der Waals surface area contributed by atoms with Crippen molar-refractivity contribution in [2.45, 2.75) is 46.5 Å². The number of hydrogen-bond acceptors (Lipinski definition) is 3. The first-order chi connectivity index (χ1) is 9.70. The van der Waals surface area contributed by atoms with Gasteiger partial charge in [-0.05, 0) is 18.8 Å². The maximum atomic E-state index is 12.1. The van der Waals surface area contributed by atoms with Gasteiger partial charge in [0.15, 0.2) is 0 Å². The monoisotopic (exact) mass is 298 g/mol. The highest BCUT2D eigenvalue weighted by Crippen LogP contribution is 2.20. The molecular weight excluding hydrogens is 272 g/mol. The molecule has 21 heavy (non-hydrogen) atoms. The molecular formula is C15H26N2O4. The number of carbonyl (C=O) groups excluding carboxylic acids is 2. The van der Waals surface area contributed by atoms with Crippen LogP contribution in [0.15, 0.2) is 0 Å². The molecule has 120 valence electrons. The van der Waals surface area contributed by atoms with Gasteiger partial charge in [-0.2, -0.15) is 0 Å². The molecule has 0 aliphatic carbocycles. The molecule has 0 saturated carbocycles. The van der Waals surface area contributed by atoms with E-state index in [1.165, 1.54) is 0 Å². The Bertz CT molecular complexity index is 401. The van der Waals surface area contributed by atoms with Gasteiger partial charge in [0.25, 0.3) is 0 Å². The lowest BCUT2D eigenvalue weighted by atomic mass is 9.94. The Kier molecular flexibility index (Phi) is 6.18. The molecule has 6 nitrogen and oxygen atoms in total. The minimum absolute atomic E-state index is 0.0145. The standard InChI is InChI=1S/C15H26N2O4/c1-15(2,3)14(21)16-7-6-12(18)17-8-4-5-11(10-17)9-13(19)20/h11H,4-10H2,1-3H3,(H,16,21)(H,19,20). The first kappa shape index (κ1) is 17.5. The number of nitrogens with one attached hydrogen (secondary N) is 1. The summed E-state index contributed by atoms with van der Waals surface area (Å²) in [5.74, 6) is -0.854. The van der Waals surface area contributed by atoms with E-state index in [0.29, 0.717) is 19.6 Å². The summed E-state index contributed by atoms with van der Waals surface area (Å²) in [7, 11) is 0. The second-order valence-electron chi connectivity index (χ2n) is 6.70. The molecule has 1 fully saturated rings. The minimum atomic E-state index is -0.813. The molecule has 1 aliphatic heterocycles. The number of aliphatic carboxylic acids is 1. The largest absolute Gasteiger partial charge is 0.481 e. The molecule has 1 saturated heterocycles. The summed E-state index contributed by atoms with van der Waals surface area (Å²) in [6.45, 7) is 7.00. The van der Waals surface area contributed by atoms with E-state index in [1.807, 2.05) is 20.8 Å². The van der Waals surface area contributed by atoms with E-state index in [0.717, 1.165) is 12.8 Å². The number of likely N-dealkylation sites (tertiary alicyclic amines) is 1. The molecule has 0 aromatic carbocycles. The van der Waals surface area contributed by atoms with Gasteiger partial charge >= 0.3 is 5.97 Å². The van der Waals surface area contributed by atoms with Gasteiger partial charge in [-0.25, -0.2) is 0 Å². The van der Waals surface area contributed by atoms with E-state index in [4.69, 9.17) is 5.11 Å². The number of carbonyl (C=O) groups is 3. The lowest BCUT2D eigenvalue weighted by Gasteiger charge is -2.32. The number of carboxylic acid groups (broad SMARTS) is 1. The van der Waals surface area contributed by atoms with Gasteiger partial charge in [0.05, 0.1) is 0 Å². The van der Waals surface area contributed by atoms with Gasteiger partial charge < -0.3 is 15.3 Å². The average Bonchev–Trinajstić information content (AvgIpc) is 2.36. The molecule has 0 aromatic heterocycles. The van der Waals surface area contributed by atoms with Crippen LogP contribution in [0.25, 0.3) is 0 Å². The number of hydrogen-bond donors (Lipinski definition) is 2. The fraction of sp³-hybridized carbons (Fsp3) is 0.800. The predicted molar refractivity (Wildman–Crippen MR) is 78.6 cm³/mol. The van der Waals surface area contributed by atoms with Crippen molar-refractivity contribution >= 4 is 17.8 Å². The zero-order chi connectivity index (χ0) is 16.0. The minimum Gasteiger partial charge on any atom is -0.481 e. The molecule has 0 bridgehead atoms. The highest BCUT2D eigenvalue weighted by Gasteiger charge is 2.25. The molecule has 0 aromatic rings. The zero-order valence-corrected chi connectivity index (χ0v) is 13.1. The topological polar surface area (TPSA) is 86.7 Å². The van der Waals surface area contributed by atoms with E-state index in [2.05, 4.69) is 5.32 Å². The number of nitrogens with zero attached hydrogens (tertiary/aromatic N) is 1. The van der Waals surface area contributed by atoms with E-state index < -0.39 is 11.4 Å². The van der Waals surface area contributed by atoms with Gasteiger partial charge in [-0.3, -0.25) is 14.4 Å². The Morgan fingerprint density at radius 1 is 1.29 bits per heavy atom. The van der Waals surface area contributed by atoms with Crippen LogP contribution < -0.4 is 5.32 Å². The van der Waals surface area contributed by atoms with Crippen LogP contribution in [0.1, 0.15) is 46.5 Å². The second-order valence-corrected chi connectivity index (χ2v) is 6.70. The van der Waals surface area contributed by atoms with Gasteiger partial charge in [-0.1, -0.05) is 20.8 Å². The van der Waals surface area contributed by atoms with Crippen molar-refractivity contribution < 1.29 is 19.5 Å². The van der Waals surface area contributed by atoms with E-state index in [-0.39, 0.29) is 30.6 Å². The van der Waals surface area contributed by atoms with Crippen molar-refractivity contribution in [2.75, 3.05) is 19.6 Å². The Hall–Kier alpha value is -1.59. The van der Waals surface area contributed by atoms with Crippen molar-refractivity contribution in [3.8, 4) is 0 Å². The van der Waals surface area contributed by atoms with Crippen LogP contribution in [0.4, 0.5) is 0 Å². The maximum absolute atomic E-state index is 12.1. The molecule has 2 N–H and O–H groups in total. The summed E-state index contributed by atoms with van der Waals surface area (Å²) in [6, 6.07) is 0. The normalized spacial score (nSPS) is 19.2. The second kappa shape index (κ2) is 7.43. The Morgan fingerprint density at radius 2 is 1.95 bits per heavy atom. The average molecular weight is 298 g/mol. The van der Waals surface area contributed by atoms with Gasteiger partial charge in [0, 0.05) is 37.9 Å². The molecule has 0 spiro atoms. The van der Waals surface area contributed by atoms with Crippen LogP contribution in [0.5, 0.6) is 0 Å². The van der Waals surface area contributed by atoms with Crippen LogP contribution in [-0.2, 0) is 14.4 Å². The molecule has 1 aliphatic rings. The van der Waals surface area contributed by atoms with Crippen LogP contribution in [0, 0.1) is 11.3 Å². The number of amides is 2. The lowest BCUT2D eigenvalue weighted by Crippen LogP contribution is -2.42. The summed E-state index contributed by atoms with van der Waals surface area (Å²) in [5, 5.41) is 11.6. The van der Waals surface area contributed by atoms with E-state index in [1.54, 1.807) is 4.90 Å². The van der Waals surface area contributed by atoms with Crippen LogP contribution >= 0.6 is 0 Å². The Morgan fingerprint density at radius 3 is 2.52 bits per heavy atom. The fourth-order valence-corrected chi connectivity index (χ4v) is 2.41. The number of piperidine rings is 1. The fourth-order valence-electron chi connectivity index (χ4n) is 2.41. The predicted octanol–water partition coefficient (Wildman–Crippen LogP) is 1.25. The third kappa shape index (κ3) is 6.14. The third-order valence-corrected chi connectivity index (χ3v) is 3.64. The summed E-state index contributed by atoms with van der Waals surface area (Å²) >= 11 is 0. The lowest BCUT2D eigenvalue weighted by molar-refractivity contribution is -0.140. The van der Waals surface area contributed by atoms with Crippen molar-refractivity contribution in [2.24, 2.45) is 11.3 Å². The van der Waals surface area contributed by atoms with Gasteiger partial charge in [-0.15, -0.1) is 0 Å². The van der Waals surface area contributed by atoms with Crippen LogP contribution in [0.3, 0.4) is 0 Å². The molecule has 0 radical (unpaired) electrons. The van der Waals surface area contributed by atoms with Crippen molar-refractivity contribution in [3.63, 3.8) is 0 Å². The van der Waals surface area contributed by atoms with Crippen molar-refractivity contribution in [1.29, 1.82) is 0 Å². The van der Waals surface area contributed by atoms with Crippen LogP contribution in [0.2, 0.25) is 0 Å². The molecule has 1 heterocycles. The SMILES string of the molecule is CC(C)(C)C(=O)NCCC(=O)N1CCCC(CC(=O)O)C1. The molecule has 2 amide bonds. The van der Waals surface area contributed by atoms with Gasteiger partial charge in [0.1, 0.15) is 0 Å². The summed E-state index contributed by atoms with van der Waals surface area (Å²) in [6.07, 6.45) is 2.08. The summed E-state index contributed by atoms with van der Waals surface area (Å²) < 4.78 is 0. The molecule has 1 atom stereocenters. The highest BCUT2D eigenvalue weighted by molar-refractivity contribution is 5.82. The quantitative estimate of drug-likeness (QED) is 0.800. The number of carboxylic acids is 1. The molecule has 6 heteroatoms. The van der Waals surface area contributed by atoms with Crippen LogP contribution in [-0.4, -0.2) is 47.4 Å². The first-order valence-corrected chi connectivity index (χ1v) is 7.48. The van der Waals surface area contributed by atoms with Crippen molar-refractivity contribution in [3.05, 3.63) is 0 Å². The maximum Gasteiger partial charge on any atom is 0.303 e. The summed E-state index contributed by atoms with van der Waals surface area (Å²) in [4.78, 5) is 36.2. The van der Waals surface area contributed by atoms with Gasteiger partial charge in [0.2, 0.25) is 11.8 Å². The van der Waals surface area contributed by atoms with E-state index >= 15 is 0 Å². The number of rotatable bonds is 5. The van der Waals surface area contributed by atoms with E-state index in [9.17, 15) is 14.4 Å². The zero-order valence-electron chi connectivity index (χ0n) is 13.1. The first-order valence-electron chi connectivity index (χ1n) is 7.48. The molecule has 1 unspecified atom stereocenters. The Balaban J connectivity index is 2.35. The third-order valence-electron chi connectivity index (χ3n) is 3.64. The molecule has 1 rings (SSSR count). The summed E-state index contributed by atoms with van der Waals surface area (Å²) in [5.41, 5.74) is -0.458. The van der Waals surface area contributed by atoms with Crippen molar-refractivity contribution in [1.82, 2.24) is 10.2 Å². The smallest absolute Gasteiger partial charge is 0.303 e. The highest BCUT2D eigenvalue weighted by atomic mass is 16.4.